The Morgan fingerprint density at radius 2 is 1.75 bits per heavy atom. The molecule has 0 aliphatic carbocycles. The van der Waals surface area contributed by atoms with Gasteiger partial charge in [0.2, 0.25) is 0 Å². The highest BCUT2D eigenvalue weighted by molar-refractivity contribution is 6.96. The Bertz CT molecular complexity index is 421. The van der Waals surface area contributed by atoms with Crippen molar-refractivity contribution in [3.63, 3.8) is 0 Å². The van der Waals surface area contributed by atoms with Gasteiger partial charge in [-0.15, -0.1) is 5.54 Å². The topological polar surface area (TPSA) is 17.1 Å². The maximum absolute atomic E-state index is 10.8. The first kappa shape index (κ1) is 12.7. The van der Waals surface area contributed by atoms with Crippen LogP contribution >= 0.6 is 0 Å². The molecule has 84 valence electrons. The van der Waals surface area contributed by atoms with Gasteiger partial charge >= 0.3 is 0 Å². The third kappa shape index (κ3) is 3.36. The number of carbonyl (C=O) groups is 1. The fraction of sp³-hybridized carbons (Fsp3) is 0.357. The molecule has 0 saturated heterocycles. The van der Waals surface area contributed by atoms with Crippen molar-refractivity contribution in [2.45, 2.75) is 26.9 Å². The third-order valence-corrected chi connectivity index (χ3v) is 5.01. The molecule has 0 amide bonds. The molecule has 0 saturated carbocycles. The van der Waals surface area contributed by atoms with Gasteiger partial charge in [0.1, 0.15) is 6.29 Å². The molecule has 0 atom stereocenters. The molecule has 0 radical (unpaired) electrons. The van der Waals surface area contributed by atoms with Crippen LogP contribution in [0.25, 0.3) is 0 Å². The Kier molecular flexibility index (Phi) is 3.72. The molecule has 0 aromatic heterocycles. The van der Waals surface area contributed by atoms with E-state index in [0.717, 1.165) is 6.29 Å². The van der Waals surface area contributed by atoms with Crippen LogP contribution in [0.15, 0.2) is 30.3 Å². The molecule has 1 rings (SSSR count). The van der Waals surface area contributed by atoms with E-state index in [1.807, 2.05) is 32.0 Å². The van der Waals surface area contributed by atoms with Crippen LogP contribution in [-0.2, 0) is 4.79 Å². The first-order valence-corrected chi connectivity index (χ1v) is 8.44. The third-order valence-electron chi connectivity index (χ3n) is 2.49. The summed E-state index contributed by atoms with van der Waals surface area (Å²) < 4.78 is 0. The molecule has 1 aromatic carbocycles. The van der Waals surface area contributed by atoms with Gasteiger partial charge in [0.25, 0.3) is 0 Å². The minimum Gasteiger partial charge on any atom is -0.302 e. The number of aldehydes is 1. The molecule has 0 aliphatic heterocycles. The molecule has 0 heterocycles. The summed E-state index contributed by atoms with van der Waals surface area (Å²) in [6.45, 7) is 8.11. The van der Waals surface area contributed by atoms with Crippen molar-refractivity contribution in [2.75, 3.05) is 0 Å². The quantitative estimate of drug-likeness (QED) is 0.433. The zero-order chi connectivity index (χ0) is 12.2. The van der Waals surface area contributed by atoms with Crippen LogP contribution < -0.4 is 5.19 Å². The second-order valence-electron chi connectivity index (χ2n) is 5.08. The maximum Gasteiger partial charge on any atom is 0.162 e. The molecular weight excluding hydrogens is 212 g/mol. The van der Waals surface area contributed by atoms with Crippen molar-refractivity contribution in [3.05, 3.63) is 30.3 Å². The minimum absolute atomic E-state index is 0.529. The van der Waals surface area contributed by atoms with Crippen molar-refractivity contribution < 1.29 is 4.79 Å². The van der Waals surface area contributed by atoms with Crippen LogP contribution in [-0.4, -0.2) is 14.4 Å². The van der Waals surface area contributed by atoms with E-state index in [4.69, 9.17) is 0 Å². The van der Waals surface area contributed by atoms with E-state index < -0.39 is 13.5 Å². The predicted octanol–water partition coefficient (Wildman–Crippen LogP) is 2.37. The van der Waals surface area contributed by atoms with Crippen molar-refractivity contribution in [3.8, 4) is 11.5 Å². The lowest BCUT2D eigenvalue weighted by molar-refractivity contribution is -0.112. The average molecular weight is 230 g/mol. The molecule has 0 unspecified atom stereocenters. The fourth-order valence-corrected chi connectivity index (χ4v) is 3.08. The summed E-state index contributed by atoms with van der Waals surface area (Å²) in [5.41, 5.74) is 2.80. The van der Waals surface area contributed by atoms with E-state index >= 15 is 0 Å². The van der Waals surface area contributed by atoms with E-state index in [9.17, 15) is 4.79 Å². The van der Waals surface area contributed by atoms with Gasteiger partial charge in [-0.1, -0.05) is 49.3 Å². The number of benzene rings is 1. The normalized spacial score (nSPS) is 11.5. The molecule has 0 aliphatic rings. The van der Waals surface area contributed by atoms with Gasteiger partial charge in [-0.25, -0.2) is 0 Å². The van der Waals surface area contributed by atoms with Gasteiger partial charge in [0.15, 0.2) is 8.07 Å². The van der Waals surface area contributed by atoms with Gasteiger partial charge < -0.3 is 4.79 Å². The lowest BCUT2D eigenvalue weighted by Gasteiger charge is -2.16. The van der Waals surface area contributed by atoms with E-state index in [-0.39, 0.29) is 0 Å². The fourth-order valence-electron chi connectivity index (χ4n) is 1.27. The number of rotatable bonds is 2. The molecule has 0 bridgehead atoms. The zero-order valence-corrected chi connectivity index (χ0v) is 11.4. The highest BCUT2D eigenvalue weighted by Gasteiger charge is 2.21. The standard InChI is InChI=1S/C14H18OSi/c1-14(2,12-15)10-11-16(3,4)13-8-6-5-7-9-13/h5-9,12H,1-4H3. The Morgan fingerprint density at radius 3 is 2.25 bits per heavy atom. The smallest absolute Gasteiger partial charge is 0.162 e. The maximum atomic E-state index is 10.8. The van der Waals surface area contributed by atoms with Crippen molar-refractivity contribution in [2.24, 2.45) is 5.41 Å². The second kappa shape index (κ2) is 4.67. The molecule has 0 spiro atoms. The summed E-state index contributed by atoms with van der Waals surface area (Å²) in [7, 11) is -1.73. The molecule has 0 fully saturated rings. The molecule has 0 N–H and O–H groups in total. The molecular formula is C14H18OSi. The van der Waals surface area contributed by atoms with Crippen LogP contribution in [0.5, 0.6) is 0 Å². The van der Waals surface area contributed by atoms with Crippen molar-refractivity contribution >= 4 is 19.5 Å². The first-order valence-electron chi connectivity index (χ1n) is 5.44. The highest BCUT2D eigenvalue weighted by atomic mass is 28.3. The second-order valence-corrected chi connectivity index (χ2v) is 9.16. The van der Waals surface area contributed by atoms with E-state index in [1.54, 1.807) is 0 Å². The Hall–Kier alpha value is -1.33. The first-order chi connectivity index (χ1) is 7.37. The van der Waals surface area contributed by atoms with E-state index in [1.165, 1.54) is 5.19 Å². The van der Waals surface area contributed by atoms with Crippen LogP contribution in [0.3, 0.4) is 0 Å². The summed E-state index contributed by atoms with van der Waals surface area (Å²) >= 11 is 0. The monoisotopic (exact) mass is 230 g/mol. The van der Waals surface area contributed by atoms with Crippen LogP contribution in [0.2, 0.25) is 13.1 Å². The van der Waals surface area contributed by atoms with Crippen LogP contribution in [0.4, 0.5) is 0 Å². The molecule has 1 aromatic rings. The number of hydrogen-bond acceptors (Lipinski definition) is 1. The number of hydrogen-bond donors (Lipinski definition) is 0. The minimum atomic E-state index is -1.73. The SMILES string of the molecule is CC(C)(C#C[Si](C)(C)c1ccccc1)C=O. The molecule has 2 heteroatoms. The summed E-state index contributed by atoms with van der Waals surface area (Å²) in [4.78, 5) is 10.8. The van der Waals surface area contributed by atoms with Crippen molar-refractivity contribution in [1.82, 2.24) is 0 Å². The lowest BCUT2D eigenvalue weighted by Crippen LogP contribution is -2.40. The lowest BCUT2D eigenvalue weighted by atomic mass is 9.98. The molecule has 1 nitrogen and oxygen atoms in total. The average Bonchev–Trinajstić information content (AvgIpc) is 2.28. The Balaban J connectivity index is 3.01. The van der Waals surface area contributed by atoms with Crippen molar-refractivity contribution in [1.29, 1.82) is 0 Å². The Morgan fingerprint density at radius 1 is 1.19 bits per heavy atom. The molecule has 16 heavy (non-hydrogen) atoms. The summed E-state index contributed by atoms with van der Waals surface area (Å²) in [6, 6.07) is 10.3. The van der Waals surface area contributed by atoms with Crippen LogP contribution in [0, 0.1) is 16.9 Å². The Labute approximate surface area is 98.9 Å². The predicted molar refractivity (Wildman–Crippen MR) is 71.2 cm³/mol. The number of carbonyl (C=O) groups excluding carboxylic acids is 1. The summed E-state index contributed by atoms with van der Waals surface area (Å²) in [6.07, 6.45) is 0.912. The van der Waals surface area contributed by atoms with Gasteiger partial charge in [-0.2, -0.15) is 0 Å². The largest absolute Gasteiger partial charge is 0.302 e. The zero-order valence-electron chi connectivity index (χ0n) is 10.4. The van der Waals surface area contributed by atoms with Crippen LogP contribution in [0.1, 0.15) is 13.8 Å². The van der Waals surface area contributed by atoms with Gasteiger partial charge in [-0.3, -0.25) is 0 Å². The summed E-state index contributed by atoms with van der Waals surface area (Å²) in [5.74, 6) is 3.09. The summed E-state index contributed by atoms with van der Waals surface area (Å²) in [5, 5.41) is 1.31. The highest BCUT2D eigenvalue weighted by Crippen LogP contribution is 2.10. The van der Waals surface area contributed by atoms with Gasteiger partial charge in [0.05, 0.1) is 5.41 Å². The van der Waals surface area contributed by atoms with Gasteiger partial charge in [0, 0.05) is 0 Å². The van der Waals surface area contributed by atoms with Gasteiger partial charge in [-0.05, 0) is 19.0 Å². The van der Waals surface area contributed by atoms with E-state index in [2.05, 4.69) is 36.7 Å². The van der Waals surface area contributed by atoms with E-state index in [0.29, 0.717) is 0 Å².